The monoisotopic (exact) mass is 428 g/mol. The van der Waals surface area contributed by atoms with Gasteiger partial charge in [-0.1, -0.05) is 23.2 Å². The highest BCUT2D eigenvalue weighted by atomic mass is 35.5. The van der Waals surface area contributed by atoms with Gasteiger partial charge in [0.25, 0.3) is 0 Å². The van der Waals surface area contributed by atoms with Crippen LogP contribution in [0.15, 0.2) is 45.7 Å². The predicted octanol–water partition coefficient (Wildman–Crippen LogP) is 3.44. The largest absolute Gasteiger partial charge is 0.462 e. The van der Waals surface area contributed by atoms with Gasteiger partial charge in [0.2, 0.25) is 15.9 Å². The van der Waals surface area contributed by atoms with Crippen LogP contribution in [0.2, 0.25) is 10.0 Å². The molecule has 0 spiro atoms. The van der Waals surface area contributed by atoms with Crippen LogP contribution in [0.25, 0.3) is 6.08 Å². The van der Waals surface area contributed by atoms with E-state index in [9.17, 15) is 13.2 Å². The van der Waals surface area contributed by atoms with Gasteiger partial charge in [0.05, 0.1) is 5.02 Å². The number of carbonyl (C=O) groups excluding carboxylic acids is 1. The van der Waals surface area contributed by atoms with E-state index in [2.05, 4.69) is 0 Å². The molecule has 1 aliphatic heterocycles. The Kier molecular flexibility index (Phi) is 5.95. The molecule has 0 aliphatic carbocycles. The molecule has 1 saturated heterocycles. The first kappa shape index (κ1) is 19.9. The van der Waals surface area contributed by atoms with Crippen molar-refractivity contribution >= 4 is 45.2 Å². The maximum absolute atomic E-state index is 12.8. The van der Waals surface area contributed by atoms with Crippen molar-refractivity contribution in [3.63, 3.8) is 0 Å². The van der Waals surface area contributed by atoms with Gasteiger partial charge in [-0.2, -0.15) is 4.31 Å². The first-order valence-electron chi connectivity index (χ1n) is 8.26. The summed E-state index contributed by atoms with van der Waals surface area (Å²) in [5.74, 6) is 1.17. The van der Waals surface area contributed by atoms with E-state index in [1.807, 2.05) is 13.0 Å². The van der Waals surface area contributed by atoms with Crippen molar-refractivity contribution in [1.29, 1.82) is 0 Å². The van der Waals surface area contributed by atoms with Crippen LogP contribution in [-0.2, 0) is 14.8 Å². The van der Waals surface area contributed by atoms with E-state index in [1.165, 1.54) is 28.6 Å². The standard InChI is InChI=1S/C18H18Cl2N2O4S/c1-13-2-4-15(26-13)5-7-18(23)21-8-10-22(11-9-21)27(24,25)17-12-14(19)3-6-16(17)20/h2-7,12H,8-11H2,1H3/b7-5+. The lowest BCUT2D eigenvalue weighted by Crippen LogP contribution is -2.50. The Balaban J connectivity index is 1.65. The van der Waals surface area contributed by atoms with Crippen molar-refractivity contribution < 1.29 is 17.6 Å². The van der Waals surface area contributed by atoms with Crippen molar-refractivity contribution in [3.8, 4) is 0 Å². The number of hydrogen-bond acceptors (Lipinski definition) is 4. The second kappa shape index (κ2) is 8.06. The van der Waals surface area contributed by atoms with Crippen LogP contribution >= 0.6 is 23.2 Å². The number of hydrogen-bond donors (Lipinski definition) is 0. The number of nitrogens with zero attached hydrogens (tertiary/aromatic N) is 2. The fraction of sp³-hybridized carbons (Fsp3) is 0.278. The van der Waals surface area contributed by atoms with Gasteiger partial charge >= 0.3 is 0 Å². The van der Waals surface area contributed by atoms with Gasteiger partial charge in [0.1, 0.15) is 16.4 Å². The molecule has 0 radical (unpaired) electrons. The summed E-state index contributed by atoms with van der Waals surface area (Å²) in [6.45, 7) is 2.77. The number of aryl methyl sites for hydroxylation is 1. The lowest BCUT2D eigenvalue weighted by molar-refractivity contribution is -0.127. The van der Waals surface area contributed by atoms with Crippen molar-refractivity contribution in [2.24, 2.45) is 0 Å². The van der Waals surface area contributed by atoms with E-state index in [0.717, 1.165) is 5.76 Å². The molecule has 1 amide bonds. The van der Waals surface area contributed by atoms with Crippen LogP contribution in [0.1, 0.15) is 11.5 Å². The summed E-state index contributed by atoms with van der Waals surface area (Å²) < 4.78 is 32.3. The summed E-state index contributed by atoms with van der Waals surface area (Å²) in [6, 6.07) is 7.92. The molecule has 2 heterocycles. The molecular formula is C18H18Cl2N2O4S. The van der Waals surface area contributed by atoms with Gasteiger partial charge in [-0.05, 0) is 43.3 Å². The van der Waals surface area contributed by atoms with Crippen molar-refractivity contribution in [1.82, 2.24) is 9.21 Å². The zero-order chi connectivity index (χ0) is 19.6. The third kappa shape index (κ3) is 4.55. The van der Waals surface area contributed by atoms with Crippen LogP contribution in [0.4, 0.5) is 0 Å². The summed E-state index contributed by atoms with van der Waals surface area (Å²) in [5, 5.41) is 0.416. The minimum absolute atomic E-state index is 0.0236. The third-order valence-corrected chi connectivity index (χ3v) is 6.83. The maximum Gasteiger partial charge on any atom is 0.246 e. The SMILES string of the molecule is Cc1ccc(/C=C/C(=O)N2CCN(S(=O)(=O)c3cc(Cl)ccc3Cl)CC2)o1. The number of carbonyl (C=O) groups is 1. The van der Waals surface area contributed by atoms with Gasteiger partial charge in [-0.25, -0.2) is 8.42 Å². The van der Waals surface area contributed by atoms with Crippen LogP contribution in [-0.4, -0.2) is 49.7 Å². The average Bonchev–Trinajstić information content (AvgIpc) is 3.07. The van der Waals surface area contributed by atoms with Crippen LogP contribution in [0, 0.1) is 6.92 Å². The van der Waals surface area contributed by atoms with Crippen molar-refractivity contribution in [3.05, 3.63) is 58.0 Å². The van der Waals surface area contributed by atoms with E-state index in [-0.39, 0.29) is 42.0 Å². The lowest BCUT2D eigenvalue weighted by Gasteiger charge is -2.33. The Morgan fingerprint density at radius 2 is 1.81 bits per heavy atom. The van der Waals surface area contributed by atoms with E-state index in [1.54, 1.807) is 17.0 Å². The molecule has 144 valence electrons. The van der Waals surface area contributed by atoms with Gasteiger partial charge in [0.15, 0.2) is 0 Å². The number of furan rings is 1. The molecule has 0 unspecified atom stereocenters. The zero-order valence-electron chi connectivity index (χ0n) is 14.6. The first-order valence-corrected chi connectivity index (χ1v) is 10.5. The maximum atomic E-state index is 12.8. The second-order valence-corrected chi connectivity index (χ2v) is 8.84. The number of halogens is 2. The molecule has 1 aliphatic rings. The molecule has 27 heavy (non-hydrogen) atoms. The Labute approximate surface area is 168 Å². The molecule has 0 N–H and O–H groups in total. The van der Waals surface area contributed by atoms with Crippen LogP contribution in [0.3, 0.4) is 0 Å². The number of piperazine rings is 1. The van der Waals surface area contributed by atoms with Gasteiger partial charge in [-0.3, -0.25) is 4.79 Å². The molecule has 0 atom stereocenters. The normalized spacial score (nSPS) is 16.2. The quantitative estimate of drug-likeness (QED) is 0.699. The van der Waals surface area contributed by atoms with E-state index < -0.39 is 10.0 Å². The molecule has 0 bridgehead atoms. The lowest BCUT2D eigenvalue weighted by atomic mass is 10.3. The number of amides is 1. The number of benzene rings is 1. The first-order chi connectivity index (χ1) is 12.8. The van der Waals surface area contributed by atoms with Gasteiger partial charge < -0.3 is 9.32 Å². The molecule has 0 saturated carbocycles. The molecule has 6 nitrogen and oxygen atoms in total. The highest BCUT2D eigenvalue weighted by Crippen LogP contribution is 2.28. The summed E-state index contributed by atoms with van der Waals surface area (Å²) >= 11 is 11.9. The summed E-state index contributed by atoms with van der Waals surface area (Å²) in [7, 11) is -3.77. The number of sulfonamides is 1. The highest BCUT2D eigenvalue weighted by Gasteiger charge is 2.31. The van der Waals surface area contributed by atoms with Gasteiger partial charge in [-0.15, -0.1) is 0 Å². The van der Waals surface area contributed by atoms with E-state index in [4.69, 9.17) is 27.6 Å². The fourth-order valence-corrected chi connectivity index (χ4v) is 4.92. The van der Waals surface area contributed by atoms with Crippen molar-refractivity contribution in [2.75, 3.05) is 26.2 Å². The van der Waals surface area contributed by atoms with E-state index in [0.29, 0.717) is 10.8 Å². The molecule has 1 fully saturated rings. The summed E-state index contributed by atoms with van der Waals surface area (Å²) in [4.78, 5) is 13.9. The minimum Gasteiger partial charge on any atom is -0.462 e. The van der Waals surface area contributed by atoms with E-state index >= 15 is 0 Å². The zero-order valence-corrected chi connectivity index (χ0v) is 16.9. The molecule has 2 aromatic rings. The Bertz CT molecular complexity index is 977. The Hall–Kier alpha value is -1.80. The minimum atomic E-state index is -3.77. The fourth-order valence-electron chi connectivity index (χ4n) is 2.76. The topological polar surface area (TPSA) is 70.8 Å². The van der Waals surface area contributed by atoms with Gasteiger partial charge in [0, 0.05) is 37.3 Å². The molecular weight excluding hydrogens is 411 g/mol. The molecule has 1 aromatic carbocycles. The average molecular weight is 429 g/mol. The Morgan fingerprint density at radius 1 is 1.11 bits per heavy atom. The molecule has 9 heteroatoms. The Morgan fingerprint density at radius 3 is 2.44 bits per heavy atom. The smallest absolute Gasteiger partial charge is 0.246 e. The highest BCUT2D eigenvalue weighted by molar-refractivity contribution is 7.89. The number of rotatable bonds is 4. The third-order valence-electron chi connectivity index (χ3n) is 4.21. The summed E-state index contributed by atoms with van der Waals surface area (Å²) in [6.07, 6.45) is 3.03. The molecule has 1 aromatic heterocycles. The predicted molar refractivity (Wildman–Crippen MR) is 104 cm³/mol. The van der Waals surface area contributed by atoms with Crippen LogP contribution < -0.4 is 0 Å². The molecule has 3 rings (SSSR count). The van der Waals surface area contributed by atoms with Crippen LogP contribution in [0.5, 0.6) is 0 Å². The van der Waals surface area contributed by atoms with Crippen molar-refractivity contribution in [2.45, 2.75) is 11.8 Å². The summed E-state index contributed by atoms with van der Waals surface area (Å²) in [5.41, 5.74) is 0. The second-order valence-electron chi connectivity index (χ2n) is 6.09.